The minimum Gasteiger partial charge on any atom is -0.378 e. The van der Waals surface area contributed by atoms with Gasteiger partial charge in [-0.2, -0.15) is 87.8 Å². The molecule has 0 amide bonds. The lowest BCUT2D eigenvalue weighted by atomic mass is 9.79. The average Bonchev–Trinajstić information content (AvgIpc) is 2.51. The maximum absolute atomic E-state index is 13.6. The predicted octanol–water partition coefficient (Wildman–Crippen LogP) is 6.31. The number of halogens is 20. The van der Waals surface area contributed by atoms with Crippen LogP contribution in [0.25, 0.3) is 0 Å². The second kappa shape index (κ2) is 7.03. The van der Waals surface area contributed by atoms with E-state index in [4.69, 9.17) is 5.11 Å². The summed E-state index contributed by atoms with van der Waals surface area (Å²) < 4.78 is 255. The molecule has 0 radical (unpaired) electrons. The van der Waals surface area contributed by atoms with Crippen LogP contribution in [-0.4, -0.2) is 64.5 Å². The van der Waals surface area contributed by atoms with Gasteiger partial charge >= 0.3 is 53.8 Å². The Labute approximate surface area is 160 Å². The van der Waals surface area contributed by atoms with Gasteiger partial charge in [-0.3, -0.25) is 0 Å². The van der Waals surface area contributed by atoms with E-state index >= 15 is 0 Å². The summed E-state index contributed by atoms with van der Waals surface area (Å²) in [5.41, 5.74) is -7.24. The molecule has 0 aromatic heterocycles. The minimum absolute atomic E-state index is 1.90. The summed E-state index contributed by atoms with van der Waals surface area (Å²) in [5, 5.41) is 8.68. The third-order valence-electron chi connectivity index (χ3n) is 3.91. The molecule has 1 unspecified atom stereocenters. The Morgan fingerprint density at radius 3 is 0.656 bits per heavy atom. The first-order chi connectivity index (χ1) is 13.2. The molecule has 0 rings (SSSR count). The Morgan fingerprint density at radius 1 is 0.312 bits per heavy atom. The van der Waals surface area contributed by atoms with Gasteiger partial charge in [0.2, 0.25) is 5.60 Å². The van der Waals surface area contributed by atoms with E-state index in [1.807, 2.05) is 0 Å². The topological polar surface area (TPSA) is 20.2 Å². The smallest absolute Gasteiger partial charge is 0.378 e. The zero-order chi connectivity index (χ0) is 27.0. The summed E-state index contributed by atoms with van der Waals surface area (Å²) in [6, 6.07) is 0. The molecule has 21 heteroatoms. The summed E-state index contributed by atoms with van der Waals surface area (Å²) in [5.74, 6) is -58.6. The molecule has 0 aliphatic heterocycles. The monoisotopic (exact) mass is 532 g/mol. The average molecular weight is 532 g/mol. The molecule has 0 saturated carbocycles. The van der Waals surface area contributed by atoms with Gasteiger partial charge < -0.3 is 5.11 Å². The molecular weight excluding hydrogens is 528 g/mol. The second-order valence-electron chi connectivity index (χ2n) is 6.09. The standard InChI is InChI=1S/C11H4F20O/c1-2(32,4(14,15)6(18,19)8(22,23)10(26,27)28)3(12,13)5(16,17)7(20,21)9(24,25)11(29,30)31/h32H,1H3. The highest BCUT2D eigenvalue weighted by atomic mass is 19.4. The Bertz CT molecular complexity index is 633. The van der Waals surface area contributed by atoms with Crippen molar-refractivity contribution < 1.29 is 92.9 Å². The molecule has 1 N–H and O–H groups in total. The van der Waals surface area contributed by atoms with Crippen LogP contribution < -0.4 is 0 Å². The zero-order valence-corrected chi connectivity index (χ0v) is 14.0. The minimum atomic E-state index is -8.63. The quantitative estimate of drug-likeness (QED) is 0.382. The Kier molecular flexibility index (Phi) is 6.71. The van der Waals surface area contributed by atoms with Crippen molar-refractivity contribution >= 4 is 0 Å². The highest BCUT2D eigenvalue weighted by molar-refractivity contribution is 5.19. The summed E-state index contributed by atoms with van der Waals surface area (Å²) in [6.45, 7) is -1.90. The molecule has 0 bridgehead atoms. The highest BCUT2D eigenvalue weighted by Crippen LogP contribution is 2.64. The van der Waals surface area contributed by atoms with Crippen molar-refractivity contribution in [2.75, 3.05) is 0 Å². The number of alkyl halides is 20. The van der Waals surface area contributed by atoms with E-state index in [9.17, 15) is 87.8 Å². The van der Waals surface area contributed by atoms with Crippen LogP contribution in [0.5, 0.6) is 0 Å². The molecule has 194 valence electrons. The van der Waals surface area contributed by atoms with E-state index in [2.05, 4.69) is 0 Å². The van der Waals surface area contributed by atoms with E-state index in [1.54, 1.807) is 0 Å². The van der Waals surface area contributed by atoms with E-state index in [0.717, 1.165) is 0 Å². The molecular formula is C11H4F20O. The first-order valence-electron chi connectivity index (χ1n) is 6.75. The van der Waals surface area contributed by atoms with E-state index in [0.29, 0.717) is 0 Å². The summed E-state index contributed by atoms with van der Waals surface area (Å²) in [4.78, 5) is 0. The van der Waals surface area contributed by atoms with Crippen molar-refractivity contribution in [2.45, 2.75) is 66.3 Å². The maximum Gasteiger partial charge on any atom is 0.460 e. The van der Waals surface area contributed by atoms with Crippen LogP contribution in [0.1, 0.15) is 6.92 Å². The molecule has 1 nitrogen and oxygen atoms in total. The number of aliphatic hydroxyl groups is 1. The van der Waals surface area contributed by atoms with Crippen molar-refractivity contribution in [3.05, 3.63) is 0 Å². The van der Waals surface area contributed by atoms with Gasteiger partial charge in [0.15, 0.2) is 0 Å². The Morgan fingerprint density at radius 2 is 0.469 bits per heavy atom. The van der Waals surface area contributed by atoms with Gasteiger partial charge in [0, 0.05) is 0 Å². The van der Waals surface area contributed by atoms with Crippen molar-refractivity contribution in [2.24, 2.45) is 0 Å². The fourth-order valence-electron chi connectivity index (χ4n) is 1.76. The van der Waals surface area contributed by atoms with Gasteiger partial charge in [-0.25, -0.2) is 0 Å². The fraction of sp³-hybridized carbons (Fsp3) is 1.00. The molecule has 1 atom stereocenters. The van der Waals surface area contributed by atoms with Crippen molar-refractivity contribution in [1.29, 1.82) is 0 Å². The SMILES string of the molecule is CC(O)(C(F)(F)C(F)(F)C(F)(F)C(F)(F)F)C(F)(F)C(F)(F)C(F)(F)C(F)(F)C(F)(F)F. The molecule has 0 aliphatic rings. The molecule has 0 aliphatic carbocycles. The number of hydrogen-bond acceptors (Lipinski definition) is 1. The van der Waals surface area contributed by atoms with Crippen LogP contribution in [-0.2, 0) is 0 Å². The first kappa shape index (κ1) is 30.6. The molecule has 0 heterocycles. The lowest BCUT2D eigenvalue weighted by Crippen LogP contribution is -2.78. The van der Waals surface area contributed by atoms with Crippen LogP contribution in [0.3, 0.4) is 0 Å². The molecule has 0 aromatic carbocycles. The molecule has 0 aromatic rings. The van der Waals surface area contributed by atoms with Crippen molar-refractivity contribution in [3.63, 3.8) is 0 Å². The van der Waals surface area contributed by atoms with Crippen LogP contribution in [0.15, 0.2) is 0 Å². The van der Waals surface area contributed by atoms with Gasteiger partial charge in [-0.1, -0.05) is 0 Å². The Balaban J connectivity index is 7.00. The second-order valence-corrected chi connectivity index (χ2v) is 6.09. The number of hydrogen-bond donors (Lipinski definition) is 1. The largest absolute Gasteiger partial charge is 0.460 e. The predicted molar refractivity (Wildman–Crippen MR) is 57.4 cm³/mol. The lowest BCUT2D eigenvalue weighted by molar-refractivity contribution is -0.467. The highest BCUT2D eigenvalue weighted by Gasteiger charge is 2.95. The van der Waals surface area contributed by atoms with Gasteiger partial charge in [-0.05, 0) is 6.92 Å². The normalized spacial score (nSPS) is 18.6. The van der Waals surface area contributed by atoms with Crippen molar-refractivity contribution in [1.82, 2.24) is 0 Å². The van der Waals surface area contributed by atoms with E-state index < -0.39 is 66.3 Å². The lowest BCUT2D eigenvalue weighted by Gasteiger charge is -2.47. The maximum atomic E-state index is 13.6. The van der Waals surface area contributed by atoms with Gasteiger partial charge in [0.1, 0.15) is 0 Å². The van der Waals surface area contributed by atoms with Crippen LogP contribution in [0, 0.1) is 0 Å². The zero-order valence-electron chi connectivity index (χ0n) is 14.0. The first-order valence-corrected chi connectivity index (χ1v) is 6.75. The van der Waals surface area contributed by atoms with E-state index in [-0.39, 0.29) is 0 Å². The van der Waals surface area contributed by atoms with Gasteiger partial charge in [0.05, 0.1) is 0 Å². The van der Waals surface area contributed by atoms with Crippen LogP contribution in [0.4, 0.5) is 87.8 Å². The van der Waals surface area contributed by atoms with E-state index in [1.165, 1.54) is 0 Å². The third-order valence-corrected chi connectivity index (χ3v) is 3.91. The number of rotatable bonds is 7. The molecule has 0 saturated heterocycles. The van der Waals surface area contributed by atoms with Crippen LogP contribution in [0.2, 0.25) is 0 Å². The summed E-state index contributed by atoms with van der Waals surface area (Å²) in [6.07, 6.45) is -15.7. The third kappa shape index (κ3) is 3.43. The van der Waals surface area contributed by atoms with Crippen LogP contribution >= 0.6 is 0 Å². The summed E-state index contributed by atoms with van der Waals surface area (Å²) >= 11 is 0. The molecule has 32 heavy (non-hydrogen) atoms. The van der Waals surface area contributed by atoms with Gasteiger partial charge in [0.25, 0.3) is 0 Å². The summed E-state index contributed by atoms with van der Waals surface area (Å²) in [7, 11) is 0. The molecule has 0 spiro atoms. The Hall–Kier alpha value is -1.44. The molecule has 0 fully saturated rings. The van der Waals surface area contributed by atoms with Gasteiger partial charge in [-0.15, -0.1) is 0 Å². The fourth-order valence-corrected chi connectivity index (χ4v) is 1.76. The van der Waals surface area contributed by atoms with Crippen molar-refractivity contribution in [3.8, 4) is 0 Å².